The van der Waals surface area contributed by atoms with Gasteiger partial charge in [-0.1, -0.05) is 25.8 Å². The standard InChI is InChI=1S/C15H22N2O3/c1-3-20-13-8-6-7-12(14(13)17(18)19)16-11-15(2)9-4-5-10-15/h6-8,16H,3-5,9-11H2,1-2H3. The van der Waals surface area contributed by atoms with Crippen molar-refractivity contribution in [2.75, 3.05) is 18.5 Å². The Morgan fingerprint density at radius 3 is 2.70 bits per heavy atom. The van der Waals surface area contributed by atoms with Crippen LogP contribution in [0.4, 0.5) is 11.4 Å². The number of hydrogen-bond donors (Lipinski definition) is 1. The third-order valence-electron chi connectivity index (χ3n) is 4.00. The van der Waals surface area contributed by atoms with Crippen LogP contribution in [-0.4, -0.2) is 18.1 Å². The Bertz CT molecular complexity index is 482. The third kappa shape index (κ3) is 3.21. The maximum Gasteiger partial charge on any atom is 0.333 e. The quantitative estimate of drug-likeness (QED) is 0.631. The first kappa shape index (κ1) is 14.6. The average molecular weight is 278 g/mol. The van der Waals surface area contributed by atoms with E-state index in [2.05, 4.69) is 12.2 Å². The number of hydrogen-bond acceptors (Lipinski definition) is 4. The summed E-state index contributed by atoms with van der Waals surface area (Å²) in [5.74, 6) is 0.332. The van der Waals surface area contributed by atoms with E-state index in [9.17, 15) is 10.1 Å². The number of nitro groups is 1. The van der Waals surface area contributed by atoms with Crippen LogP contribution in [0.5, 0.6) is 5.75 Å². The topological polar surface area (TPSA) is 64.4 Å². The van der Waals surface area contributed by atoms with Gasteiger partial charge in [-0.15, -0.1) is 0 Å². The van der Waals surface area contributed by atoms with Crippen molar-refractivity contribution in [3.8, 4) is 5.75 Å². The summed E-state index contributed by atoms with van der Waals surface area (Å²) in [6.07, 6.45) is 4.86. The van der Waals surface area contributed by atoms with Gasteiger partial charge in [0.1, 0.15) is 5.69 Å². The van der Waals surface area contributed by atoms with Gasteiger partial charge in [-0.05, 0) is 37.3 Å². The SMILES string of the molecule is CCOc1cccc(NCC2(C)CCCC2)c1[N+](=O)[O-]. The van der Waals surface area contributed by atoms with Gasteiger partial charge in [-0.2, -0.15) is 0 Å². The van der Waals surface area contributed by atoms with E-state index in [4.69, 9.17) is 4.74 Å². The third-order valence-corrected chi connectivity index (χ3v) is 4.00. The molecule has 0 spiro atoms. The molecule has 1 aromatic carbocycles. The van der Waals surface area contributed by atoms with E-state index in [1.165, 1.54) is 25.7 Å². The van der Waals surface area contributed by atoms with Crippen LogP contribution in [0.15, 0.2) is 18.2 Å². The second-order valence-electron chi connectivity index (χ2n) is 5.71. The summed E-state index contributed by atoms with van der Waals surface area (Å²) in [4.78, 5) is 10.9. The zero-order valence-electron chi connectivity index (χ0n) is 12.1. The zero-order chi connectivity index (χ0) is 14.6. The monoisotopic (exact) mass is 278 g/mol. The normalized spacial score (nSPS) is 16.9. The van der Waals surface area contributed by atoms with Gasteiger partial charge in [0.2, 0.25) is 0 Å². The van der Waals surface area contributed by atoms with E-state index in [0.29, 0.717) is 18.0 Å². The average Bonchev–Trinajstić information content (AvgIpc) is 2.84. The summed E-state index contributed by atoms with van der Waals surface area (Å²) in [6, 6.07) is 5.18. The lowest BCUT2D eigenvalue weighted by Gasteiger charge is -2.24. The first-order valence-electron chi connectivity index (χ1n) is 7.20. The highest BCUT2D eigenvalue weighted by atomic mass is 16.6. The minimum atomic E-state index is -0.371. The van der Waals surface area contributed by atoms with Crippen LogP contribution >= 0.6 is 0 Å². The second-order valence-corrected chi connectivity index (χ2v) is 5.71. The first-order valence-corrected chi connectivity index (χ1v) is 7.20. The van der Waals surface area contributed by atoms with Gasteiger partial charge in [0.15, 0.2) is 5.75 Å². The molecule has 1 saturated carbocycles. The van der Waals surface area contributed by atoms with E-state index in [1.54, 1.807) is 18.2 Å². The highest BCUT2D eigenvalue weighted by molar-refractivity contribution is 5.68. The molecule has 0 bridgehead atoms. The van der Waals surface area contributed by atoms with Crippen molar-refractivity contribution in [1.29, 1.82) is 0 Å². The van der Waals surface area contributed by atoms with Gasteiger partial charge in [0.25, 0.3) is 0 Å². The Balaban J connectivity index is 2.18. The molecule has 0 atom stereocenters. The van der Waals surface area contributed by atoms with Gasteiger partial charge in [0, 0.05) is 6.54 Å². The van der Waals surface area contributed by atoms with Crippen molar-refractivity contribution < 1.29 is 9.66 Å². The predicted molar refractivity (Wildman–Crippen MR) is 79.3 cm³/mol. The number of nitrogens with one attached hydrogen (secondary N) is 1. The van der Waals surface area contributed by atoms with Crippen molar-refractivity contribution in [3.05, 3.63) is 28.3 Å². The maximum absolute atomic E-state index is 11.3. The van der Waals surface area contributed by atoms with Crippen LogP contribution in [0, 0.1) is 15.5 Å². The molecule has 1 aliphatic rings. The lowest BCUT2D eigenvalue weighted by molar-refractivity contribution is -0.384. The molecule has 0 amide bonds. The molecule has 0 aromatic heterocycles. The number of nitro benzene ring substituents is 1. The number of para-hydroxylation sites is 1. The number of rotatable bonds is 6. The summed E-state index contributed by atoms with van der Waals surface area (Å²) in [6.45, 7) is 5.25. The minimum Gasteiger partial charge on any atom is -0.487 e. The largest absolute Gasteiger partial charge is 0.487 e. The Labute approximate surface area is 119 Å². The molecule has 1 N–H and O–H groups in total. The highest BCUT2D eigenvalue weighted by Crippen LogP contribution is 2.39. The molecule has 0 aliphatic heterocycles. The Hall–Kier alpha value is -1.78. The summed E-state index contributed by atoms with van der Waals surface area (Å²) < 4.78 is 5.35. The number of ether oxygens (including phenoxy) is 1. The molecule has 20 heavy (non-hydrogen) atoms. The summed E-state index contributed by atoms with van der Waals surface area (Å²) in [7, 11) is 0. The van der Waals surface area contributed by atoms with Crippen LogP contribution in [0.2, 0.25) is 0 Å². The lowest BCUT2D eigenvalue weighted by Crippen LogP contribution is -2.23. The Morgan fingerprint density at radius 2 is 2.10 bits per heavy atom. The molecular formula is C15H22N2O3. The molecule has 5 nitrogen and oxygen atoms in total. The van der Waals surface area contributed by atoms with E-state index in [0.717, 1.165) is 6.54 Å². The molecule has 1 aromatic rings. The van der Waals surface area contributed by atoms with Crippen molar-refractivity contribution in [1.82, 2.24) is 0 Å². The first-order chi connectivity index (χ1) is 9.56. The number of benzene rings is 1. The maximum atomic E-state index is 11.3. The molecule has 0 heterocycles. The van der Waals surface area contributed by atoms with E-state index in [1.807, 2.05) is 6.92 Å². The van der Waals surface area contributed by atoms with Crippen LogP contribution < -0.4 is 10.1 Å². The molecule has 0 saturated heterocycles. The highest BCUT2D eigenvalue weighted by Gasteiger charge is 2.29. The van der Waals surface area contributed by atoms with Crippen molar-refractivity contribution in [3.63, 3.8) is 0 Å². The molecular weight excluding hydrogens is 256 g/mol. The van der Waals surface area contributed by atoms with Gasteiger partial charge in [-0.25, -0.2) is 0 Å². The van der Waals surface area contributed by atoms with E-state index >= 15 is 0 Å². The Kier molecular flexibility index (Phi) is 4.47. The zero-order valence-corrected chi connectivity index (χ0v) is 12.1. The van der Waals surface area contributed by atoms with Crippen molar-refractivity contribution >= 4 is 11.4 Å². The minimum absolute atomic E-state index is 0.0379. The van der Waals surface area contributed by atoms with Gasteiger partial charge in [0.05, 0.1) is 11.5 Å². The van der Waals surface area contributed by atoms with Gasteiger partial charge >= 0.3 is 5.69 Å². The molecule has 0 radical (unpaired) electrons. The van der Waals surface area contributed by atoms with Crippen molar-refractivity contribution in [2.45, 2.75) is 39.5 Å². The molecule has 1 aliphatic carbocycles. The fraction of sp³-hybridized carbons (Fsp3) is 0.600. The molecule has 5 heteroatoms. The smallest absolute Gasteiger partial charge is 0.333 e. The van der Waals surface area contributed by atoms with Crippen LogP contribution in [0.3, 0.4) is 0 Å². The van der Waals surface area contributed by atoms with Gasteiger partial charge in [-0.3, -0.25) is 10.1 Å². The van der Waals surface area contributed by atoms with Crippen molar-refractivity contribution in [2.24, 2.45) is 5.41 Å². The summed E-state index contributed by atoms with van der Waals surface area (Å²) >= 11 is 0. The van der Waals surface area contributed by atoms with Gasteiger partial charge < -0.3 is 10.1 Å². The van der Waals surface area contributed by atoms with Crippen LogP contribution in [-0.2, 0) is 0 Å². The second kappa shape index (κ2) is 6.11. The fourth-order valence-electron chi connectivity index (χ4n) is 2.84. The van der Waals surface area contributed by atoms with Crippen LogP contribution in [0.1, 0.15) is 39.5 Å². The molecule has 2 rings (SSSR count). The molecule has 110 valence electrons. The fourth-order valence-corrected chi connectivity index (χ4v) is 2.84. The van der Waals surface area contributed by atoms with Crippen LogP contribution in [0.25, 0.3) is 0 Å². The Morgan fingerprint density at radius 1 is 1.40 bits per heavy atom. The van der Waals surface area contributed by atoms with E-state index in [-0.39, 0.29) is 16.0 Å². The summed E-state index contributed by atoms with van der Waals surface area (Å²) in [5.41, 5.74) is 0.834. The lowest BCUT2D eigenvalue weighted by atomic mass is 9.89. The summed E-state index contributed by atoms with van der Waals surface area (Å²) in [5, 5.41) is 14.5. The number of anilines is 1. The number of nitrogens with zero attached hydrogens (tertiary/aromatic N) is 1. The molecule has 0 unspecified atom stereocenters. The predicted octanol–water partition coefficient (Wildman–Crippen LogP) is 3.99. The molecule has 1 fully saturated rings. The van der Waals surface area contributed by atoms with E-state index < -0.39 is 0 Å².